The number of rotatable bonds is 38. The molecule has 4 rings (SSSR count). The number of aliphatic carboxylic acids is 4. The molecule has 1 fully saturated rings. The van der Waals surface area contributed by atoms with Crippen LogP contribution in [0, 0.1) is 11.8 Å². The van der Waals surface area contributed by atoms with Crippen LogP contribution in [0.15, 0.2) is 54.7 Å². The molecule has 0 aliphatic carbocycles. The molecule has 0 radical (unpaired) electrons. The molecule has 2 heterocycles. The van der Waals surface area contributed by atoms with E-state index in [-0.39, 0.29) is 37.1 Å². The number of cyclic esters (lactones) is 1. The second-order valence-electron chi connectivity index (χ2n) is 29.0. The Balaban J connectivity index is 1.88. The Hall–Kier alpha value is -13.2. The van der Waals surface area contributed by atoms with E-state index in [2.05, 4.69) is 72.0 Å². The van der Waals surface area contributed by atoms with E-state index in [9.17, 15) is 121 Å². The molecule has 14 atom stereocenters. The summed E-state index contributed by atoms with van der Waals surface area (Å²) < 4.78 is 5.70. The number of nitrogens with two attached hydrogens (primary N) is 4. The molecule has 3 aromatic rings. The monoisotopic (exact) mass is 1690 g/mol. The summed E-state index contributed by atoms with van der Waals surface area (Å²) in [5.41, 5.74) is 23.5. The highest BCUT2D eigenvalue weighted by Crippen LogP contribution is 2.22. The van der Waals surface area contributed by atoms with Gasteiger partial charge in [-0.1, -0.05) is 96.0 Å². The quantitative estimate of drug-likeness (QED) is 0.0111. The van der Waals surface area contributed by atoms with Crippen molar-refractivity contribution in [1.29, 1.82) is 0 Å². The van der Waals surface area contributed by atoms with E-state index in [1.807, 2.05) is 16.0 Å². The van der Waals surface area contributed by atoms with E-state index in [1.54, 1.807) is 30.5 Å². The average Bonchev–Trinajstić information content (AvgIpc) is 0.985. The zero-order valence-electron chi connectivity index (χ0n) is 66.9. The number of carboxylic acid groups (broad SMARTS) is 4. The van der Waals surface area contributed by atoms with Crippen LogP contribution in [0.25, 0.3) is 10.9 Å². The molecule has 0 saturated carbocycles. The largest absolute Gasteiger partial charge is 0.481 e. The maximum Gasteiger partial charge on any atom is 0.329 e. The number of anilines is 1. The van der Waals surface area contributed by atoms with Crippen LogP contribution in [-0.4, -0.2) is 242 Å². The molecule has 120 heavy (non-hydrogen) atoms. The Kier molecular flexibility index (Phi) is 41.1. The molecule has 1 aliphatic rings. The summed E-state index contributed by atoms with van der Waals surface area (Å²) in [5.74, 6) is -30.8. The van der Waals surface area contributed by atoms with Gasteiger partial charge in [-0.3, -0.25) is 95.9 Å². The topological polar surface area (TPSA) is 725 Å². The number of primary amides is 2. The number of fused-ring (bicyclic) bond motifs is 1. The number of esters is 1. The number of carbonyl (C=O) groups is 21. The Morgan fingerprint density at radius 1 is 0.525 bits per heavy atom. The fraction of sp³-hybridized carbons (Fsp3) is 0.539. The second kappa shape index (κ2) is 49.8. The van der Waals surface area contributed by atoms with Gasteiger partial charge in [0.2, 0.25) is 88.6 Å². The summed E-state index contributed by atoms with van der Waals surface area (Å²) in [6.07, 6.45) is -2.45. The number of ether oxygens (including phenoxy) is 1. The normalized spacial score (nSPS) is 21.0. The van der Waals surface area contributed by atoms with Gasteiger partial charge in [-0.05, 0) is 75.3 Å². The molecule has 1 aliphatic heterocycles. The maximum absolute atomic E-state index is 14.9. The van der Waals surface area contributed by atoms with Crippen LogP contribution in [0.3, 0.4) is 0 Å². The van der Waals surface area contributed by atoms with Gasteiger partial charge in [-0.25, -0.2) is 4.79 Å². The summed E-state index contributed by atoms with van der Waals surface area (Å²) in [6, 6.07) is -10.8. The van der Waals surface area contributed by atoms with Crippen molar-refractivity contribution in [3.05, 3.63) is 65.9 Å². The van der Waals surface area contributed by atoms with Crippen LogP contribution >= 0.6 is 0 Å². The highest BCUT2D eigenvalue weighted by molar-refractivity contribution is 6.05. The van der Waals surface area contributed by atoms with Crippen LogP contribution in [0.4, 0.5) is 5.69 Å². The first kappa shape index (κ1) is 99.2. The van der Waals surface area contributed by atoms with Crippen molar-refractivity contribution in [3.63, 3.8) is 0 Å². The third-order valence-electron chi connectivity index (χ3n) is 19.1. The number of amides is 15. The number of aromatic amines is 1. The first-order valence-electron chi connectivity index (χ1n) is 38.7. The number of para-hydroxylation sites is 2. The van der Waals surface area contributed by atoms with Crippen molar-refractivity contribution < 1.29 is 126 Å². The van der Waals surface area contributed by atoms with Crippen LogP contribution in [0.1, 0.15) is 166 Å². The molecular formula is C76H108N18O26. The number of nitrogen functional groups attached to an aromatic ring is 1. The van der Waals surface area contributed by atoms with Gasteiger partial charge in [0.25, 0.3) is 0 Å². The summed E-state index contributed by atoms with van der Waals surface area (Å²) in [7, 11) is 0. The Labute approximate surface area is 687 Å². The van der Waals surface area contributed by atoms with Crippen molar-refractivity contribution in [2.24, 2.45) is 29.0 Å². The number of carbonyl (C=O) groups excluding carboxylic acids is 17. The standard InChI is InChI=1S/C76H108N18O26/c1-6-37(2)18-11-9-7-8-10-12-24-57(98)86-47(27-41-34-81-45-22-16-14-19-42(41)45)70(113)89-49(30-56(80)97)71(114)91-52(33-63(107)108)73(116)94-65-40(5)120-76(119)53(28-54(95)43-20-13-15-21-44(43)78)92-75(118)64(38(3)26-60(101)102)93-72(115)48(29-55(79)96)87-59(100)35-82-67(110)50(31-61(103)104)88-66(109)39(4)84-69(112)51(32-62(105)106)90-68(111)46(23-17-25-77)85-58(99)36-83-74(65)117/h13-16,19-22,34,37-40,46-53,64-65,81H,6-12,17-18,23-33,35-36,77-78H2,1-5H3,(H2,79,96)(H2,80,97)(H,82,110)(H,83,117)(H,84,112)(H,85,99)(H,86,98)(H,87,100)(H,88,109)(H,89,113)(H,90,111)(H,91,114)(H,92,118)(H,93,115)(H,94,116)(H,101,102)(H,103,104)(H,105,106)(H,107,108)/t37?,38?,39-,40+,46+,47+,48-,49-,50+,51+,52+,53+,64+,65+/m1/s1. The van der Waals surface area contributed by atoms with E-state index in [4.69, 9.17) is 27.7 Å². The number of hydrogen-bond acceptors (Lipinski definition) is 24. The molecular weight excluding hydrogens is 1580 g/mol. The van der Waals surface area contributed by atoms with E-state index >= 15 is 0 Å². The van der Waals surface area contributed by atoms with Gasteiger partial charge in [-0.15, -0.1) is 0 Å². The number of ketones is 1. The van der Waals surface area contributed by atoms with Crippen molar-refractivity contribution >= 4 is 141 Å². The molecule has 26 N–H and O–H groups in total. The second-order valence-corrected chi connectivity index (χ2v) is 29.0. The lowest BCUT2D eigenvalue weighted by atomic mass is 9.95. The molecule has 1 aromatic heterocycles. The first-order valence-corrected chi connectivity index (χ1v) is 38.7. The van der Waals surface area contributed by atoms with Gasteiger partial charge in [0, 0.05) is 47.6 Å². The van der Waals surface area contributed by atoms with Gasteiger partial charge < -0.3 is 122 Å². The molecule has 2 aromatic carbocycles. The minimum Gasteiger partial charge on any atom is -0.481 e. The van der Waals surface area contributed by atoms with E-state index < -0.39 is 267 Å². The van der Waals surface area contributed by atoms with Gasteiger partial charge in [0.1, 0.15) is 72.6 Å². The summed E-state index contributed by atoms with van der Waals surface area (Å²) >= 11 is 0. The van der Waals surface area contributed by atoms with Gasteiger partial charge in [-0.2, -0.15) is 0 Å². The smallest absolute Gasteiger partial charge is 0.329 e. The average molecular weight is 1690 g/mol. The van der Waals surface area contributed by atoms with Gasteiger partial charge in [0.05, 0.1) is 51.6 Å². The number of H-pyrrole nitrogens is 1. The highest BCUT2D eigenvalue weighted by atomic mass is 16.5. The number of carboxylic acids is 4. The van der Waals surface area contributed by atoms with Gasteiger partial charge >= 0.3 is 29.8 Å². The van der Waals surface area contributed by atoms with Crippen LogP contribution < -0.4 is 92.1 Å². The third-order valence-corrected chi connectivity index (χ3v) is 19.1. The number of nitrogens with one attached hydrogen (secondary N) is 14. The fourth-order valence-corrected chi connectivity index (χ4v) is 12.4. The zero-order chi connectivity index (χ0) is 89.6. The SMILES string of the molecule is CCC(C)CCCCCCCCC(=O)N[C@@H](Cc1c[nH]c2ccccc12)C(=O)N[C@H](CC(N)=O)C(=O)N[C@@H](CC(=O)O)C(=O)N[C@@H]1C(=O)NCC(=O)N[C@@H](CCCN)C(=O)N[C@@H](CC(=O)O)C(=O)N[C@H](C)C(=O)N[C@@H](CC(=O)O)C(=O)NCC(=O)N[C@H](CC(N)=O)C(=O)N[C@@H](C(C)CC(=O)O)C(=O)N[C@@H](CC(=O)c2ccccc2N)C(=O)O[C@H]1C. The van der Waals surface area contributed by atoms with Crippen molar-refractivity contribution in [1.82, 2.24) is 74.1 Å². The number of Topliss-reactive ketones (excluding diaryl/α,β-unsaturated/α-hetero) is 1. The number of benzene rings is 2. The number of hydrogen-bond donors (Lipinski definition) is 22. The molecule has 44 heteroatoms. The van der Waals surface area contributed by atoms with E-state index in [0.717, 1.165) is 59.3 Å². The lowest BCUT2D eigenvalue weighted by Gasteiger charge is -2.30. The van der Waals surface area contributed by atoms with Gasteiger partial charge in [0.15, 0.2) is 5.78 Å². The molecule has 0 bridgehead atoms. The number of unbranched alkanes of at least 4 members (excludes halogenated alkanes) is 5. The maximum atomic E-state index is 14.9. The predicted molar refractivity (Wildman–Crippen MR) is 421 cm³/mol. The van der Waals surface area contributed by atoms with Crippen molar-refractivity contribution in [2.45, 2.75) is 229 Å². The van der Waals surface area contributed by atoms with Crippen molar-refractivity contribution in [2.75, 3.05) is 25.4 Å². The summed E-state index contributed by atoms with van der Waals surface area (Å²) in [5, 5.41) is 68.5. The fourth-order valence-electron chi connectivity index (χ4n) is 12.4. The summed E-state index contributed by atoms with van der Waals surface area (Å²) in [4.78, 5) is 290. The lowest BCUT2D eigenvalue weighted by Crippen LogP contribution is -2.62. The predicted octanol–water partition coefficient (Wildman–Crippen LogP) is -4.71. The Morgan fingerprint density at radius 3 is 1.66 bits per heavy atom. The van der Waals surface area contributed by atoms with E-state index in [0.29, 0.717) is 35.2 Å². The van der Waals surface area contributed by atoms with E-state index in [1.165, 1.54) is 24.3 Å². The molecule has 44 nitrogen and oxygen atoms in total. The minimum absolute atomic E-state index is 0.0244. The zero-order valence-corrected chi connectivity index (χ0v) is 66.9. The highest BCUT2D eigenvalue weighted by Gasteiger charge is 2.41. The van der Waals surface area contributed by atoms with Crippen molar-refractivity contribution in [3.8, 4) is 0 Å². The molecule has 0 spiro atoms. The van der Waals surface area contributed by atoms with Crippen LogP contribution in [0.2, 0.25) is 0 Å². The third kappa shape index (κ3) is 34.5. The molecule has 1 saturated heterocycles. The minimum atomic E-state index is -2.47. The Bertz CT molecular complexity index is 4230. The number of aromatic nitrogens is 1. The lowest BCUT2D eigenvalue weighted by molar-refractivity contribution is -0.156. The molecule has 15 amide bonds. The van der Waals surface area contributed by atoms with Crippen LogP contribution in [-0.2, 0) is 107 Å². The van der Waals surface area contributed by atoms with Crippen LogP contribution in [0.5, 0.6) is 0 Å². The Morgan fingerprint density at radius 2 is 1.06 bits per heavy atom. The molecule has 2 unspecified atom stereocenters. The molecule has 658 valence electrons. The first-order chi connectivity index (χ1) is 56.6. The summed E-state index contributed by atoms with van der Waals surface area (Å²) in [6.45, 7) is 4.58.